The summed E-state index contributed by atoms with van der Waals surface area (Å²) in [6.45, 7) is 29.2. The summed E-state index contributed by atoms with van der Waals surface area (Å²) in [6, 6.07) is 13.0. The van der Waals surface area contributed by atoms with Gasteiger partial charge in [-0.25, -0.2) is 9.98 Å². The molecule has 0 radical (unpaired) electrons. The minimum Gasteiger partial charge on any atom is -0.360 e. The van der Waals surface area contributed by atoms with Crippen molar-refractivity contribution in [2.45, 2.75) is 101 Å². The summed E-state index contributed by atoms with van der Waals surface area (Å²) in [4.78, 5) is 16.8. The van der Waals surface area contributed by atoms with E-state index in [1.807, 2.05) is 33.9 Å². The normalized spacial score (nSPS) is 17.8. The lowest BCUT2D eigenvalue weighted by atomic mass is 9.74. The predicted octanol–water partition coefficient (Wildman–Crippen LogP) is 10.8. The summed E-state index contributed by atoms with van der Waals surface area (Å²) in [5.41, 5.74) is 8.75. The summed E-state index contributed by atoms with van der Waals surface area (Å²) >= 11 is 0. The Bertz CT molecular complexity index is 1370. The second-order valence-corrected chi connectivity index (χ2v) is 11.6. The molecule has 1 N–H and O–H groups in total. The quantitative estimate of drug-likeness (QED) is 0.151. The molecule has 1 aliphatic heterocycles. The molecule has 1 fully saturated rings. The number of amidine groups is 1. The fraction of sp³-hybridized carbons (Fsp3) is 0.462. The molecule has 3 rings (SSSR count). The lowest BCUT2D eigenvalue weighted by Gasteiger charge is -2.43. The number of likely N-dealkylation sites (tertiary alicyclic amines) is 1. The molecule has 1 saturated heterocycles. The number of nitrogens with zero attached hydrogens (tertiary/aromatic N) is 4. The van der Waals surface area contributed by atoms with Gasteiger partial charge in [0.2, 0.25) is 0 Å². The van der Waals surface area contributed by atoms with Crippen LogP contribution >= 0.6 is 0 Å². The van der Waals surface area contributed by atoms with Gasteiger partial charge < -0.3 is 10.2 Å². The number of nitrogens with one attached hydrogen (secondary N) is 1. The minimum atomic E-state index is 0.369. The van der Waals surface area contributed by atoms with Crippen LogP contribution in [0.3, 0.4) is 0 Å². The molecule has 1 atom stereocenters. The van der Waals surface area contributed by atoms with E-state index in [0.717, 1.165) is 42.3 Å². The van der Waals surface area contributed by atoms with Crippen LogP contribution in [0.25, 0.3) is 0 Å². The zero-order valence-electron chi connectivity index (χ0n) is 29.1. The van der Waals surface area contributed by atoms with Crippen molar-refractivity contribution >= 4 is 29.6 Å². The lowest BCUT2D eigenvalue weighted by molar-refractivity contribution is 0.119. The summed E-state index contributed by atoms with van der Waals surface area (Å²) in [6.07, 6.45) is 12.4. The van der Waals surface area contributed by atoms with Crippen molar-refractivity contribution < 1.29 is 0 Å². The fourth-order valence-corrected chi connectivity index (χ4v) is 5.94. The number of hydrogen-bond acceptors (Lipinski definition) is 4. The molecule has 2 aromatic rings. The maximum atomic E-state index is 5.14. The zero-order valence-corrected chi connectivity index (χ0v) is 29.1. The van der Waals surface area contributed by atoms with E-state index < -0.39 is 0 Å². The Kier molecular flexibility index (Phi) is 15.1. The molecule has 238 valence electrons. The van der Waals surface area contributed by atoms with Crippen LogP contribution in [0.15, 0.2) is 87.7 Å². The van der Waals surface area contributed by atoms with Gasteiger partial charge in [-0.2, -0.15) is 0 Å². The van der Waals surface area contributed by atoms with Crippen LogP contribution < -0.4 is 5.32 Å². The summed E-state index contributed by atoms with van der Waals surface area (Å²) in [5.74, 6) is 1.67. The third-order valence-corrected chi connectivity index (χ3v) is 8.50. The molecular formula is C39H57N5. The topological polar surface area (TPSA) is 52.4 Å². The highest BCUT2D eigenvalue weighted by molar-refractivity contribution is 5.82. The number of piperidine rings is 1. The number of aliphatic imine (C=N–C) groups is 3. The van der Waals surface area contributed by atoms with E-state index in [9.17, 15) is 0 Å². The van der Waals surface area contributed by atoms with Crippen LogP contribution in [-0.4, -0.2) is 36.3 Å². The van der Waals surface area contributed by atoms with E-state index in [-0.39, 0.29) is 0 Å². The molecule has 0 saturated carbocycles. The molecule has 0 bridgehead atoms. The molecule has 5 heteroatoms. The van der Waals surface area contributed by atoms with Crippen molar-refractivity contribution in [1.82, 2.24) is 4.90 Å². The van der Waals surface area contributed by atoms with Gasteiger partial charge in [0, 0.05) is 31.2 Å². The number of aryl methyl sites for hydroxylation is 2. The Morgan fingerprint density at radius 2 is 1.80 bits per heavy atom. The van der Waals surface area contributed by atoms with Crippen LogP contribution in [0.2, 0.25) is 0 Å². The van der Waals surface area contributed by atoms with Crippen molar-refractivity contribution in [2.24, 2.45) is 20.4 Å². The van der Waals surface area contributed by atoms with Gasteiger partial charge in [-0.15, -0.1) is 0 Å². The average Bonchev–Trinajstić information content (AvgIpc) is 3.03. The van der Waals surface area contributed by atoms with E-state index in [0.29, 0.717) is 16.9 Å². The Balaban J connectivity index is 0.00000330. The van der Waals surface area contributed by atoms with Gasteiger partial charge in [0.25, 0.3) is 0 Å². The first-order chi connectivity index (χ1) is 21.2. The van der Waals surface area contributed by atoms with Crippen LogP contribution in [0.1, 0.15) is 103 Å². The number of anilines is 1. The maximum Gasteiger partial charge on any atom is 0.156 e. The molecule has 5 nitrogen and oxygen atoms in total. The largest absolute Gasteiger partial charge is 0.360 e. The van der Waals surface area contributed by atoms with Crippen LogP contribution in [-0.2, 0) is 6.42 Å². The monoisotopic (exact) mass is 595 g/mol. The minimum absolute atomic E-state index is 0.369. The average molecular weight is 596 g/mol. The van der Waals surface area contributed by atoms with Gasteiger partial charge in [0.1, 0.15) is 11.5 Å². The predicted molar refractivity (Wildman–Crippen MR) is 196 cm³/mol. The first kappa shape index (κ1) is 36.5. The Morgan fingerprint density at radius 3 is 2.41 bits per heavy atom. The Hall–Kier alpha value is -3.73. The van der Waals surface area contributed by atoms with E-state index in [4.69, 9.17) is 9.98 Å². The van der Waals surface area contributed by atoms with Gasteiger partial charge in [-0.1, -0.05) is 71.5 Å². The van der Waals surface area contributed by atoms with Crippen LogP contribution in [0, 0.1) is 19.3 Å². The van der Waals surface area contributed by atoms with Crippen molar-refractivity contribution in [3.8, 4) is 0 Å². The molecule has 0 amide bonds. The smallest absolute Gasteiger partial charge is 0.156 e. The third kappa shape index (κ3) is 9.90. The molecule has 0 aliphatic carbocycles. The summed E-state index contributed by atoms with van der Waals surface area (Å²) < 4.78 is 0. The van der Waals surface area contributed by atoms with Gasteiger partial charge in [-0.05, 0) is 118 Å². The van der Waals surface area contributed by atoms with Gasteiger partial charge in [-0.3, -0.25) is 4.99 Å². The van der Waals surface area contributed by atoms with E-state index >= 15 is 0 Å². The van der Waals surface area contributed by atoms with Gasteiger partial charge in [0.15, 0.2) is 5.82 Å². The van der Waals surface area contributed by atoms with Crippen molar-refractivity contribution in [3.63, 3.8) is 0 Å². The van der Waals surface area contributed by atoms with E-state index in [2.05, 4.69) is 99.4 Å². The molecule has 1 aliphatic rings. The maximum absolute atomic E-state index is 5.14. The SMILES string of the molecule is C=CC(=C)/C(N=C(C)N1CCCC(CC)(CCC)C1)=C(\N=C/C)Nc1ccc(Cc2ccc(C)c(N=CC)c2)c(C)c1.CC. The molecule has 2 aromatic carbocycles. The molecule has 44 heavy (non-hydrogen) atoms. The second kappa shape index (κ2) is 18.2. The van der Waals surface area contributed by atoms with E-state index in [1.54, 1.807) is 12.3 Å². The van der Waals surface area contributed by atoms with E-state index in [1.165, 1.54) is 54.4 Å². The molecule has 0 spiro atoms. The summed E-state index contributed by atoms with van der Waals surface area (Å²) in [7, 11) is 0. The van der Waals surface area contributed by atoms with Crippen LogP contribution in [0.4, 0.5) is 11.4 Å². The highest BCUT2D eigenvalue weighted by Gasteiger charge is 2.33. The number of benzene rings is 2. The highest BCUT2D eigenvalue weighted by atomic mass is 15.2. The highest BCUT2D eigenvalue weighted by Crippen LogP contribution is 2.38. The van der Waals surface area contributed by atoms with Gasteiger partial charge >= 0.3 is 0 Å². The third-order valence-electron chi connectivity index (χ3n) is 8.50. The van der Waals surface area contributed by atoms with Crippen LogP contribution in [0.5, 0.6) is 0 Å². The Morgan fingerprint density at radius 1 is 1.05 bits per heavy atom. The Labute approximate surface area is 268 Å². The van der Waals surface area contributed by atoms with Crippen molar-refractivity contribution in [3.05, 3.63) is 95.0 Å². The molecule has 0 aromatic heterocycles. The van der Waals surface area contributed by atoms with Crippen molar-refractivity contribution in [2.75, 3.05) is 18.4 Å². The first-order valence-corrected chi connectivity index (χ1v) is 16.5. The first-order valence-electron chi connectivity index (χ1n) is 16.5. The lowest BCUT2D eigenvalue weighted by Crippen LogP contribution is -2.45. The molecule has 1 heterocycles. The second-order valence-electron chi connectivity index (χ2n) is 11.6. The standard InChI is InChI=1S/C37H51N5.C2H6/c1-10-20-37(12-3)21-15-22-42(26-37)30(9)40-35(27(6)11-2)36(39-14-5)41-33-19-18-32(29(8)23-33)24-31-17-16-28(7)34(25-31)38-13-4;1-2/h11,13-14,16-19,23,25,41H,2,6,10,12,15,20-22,24,26H2,1,3-5,7-9H3;1-2H3/b36-35-,38-13?,39-14-,40-30?;. The van der Waals surface area contributed by atoms with Crippen molar-refractivity contribution in [1.29, 1.82) is 0 Å². The summed E-state index contributed by atoms with van der Waals surface area (Å²) in [5, 5.41) is 3.54. The number of rotatable bonds is 12. The number of allylic oxidation sites excluding steroid dienone is 1. The fourth-order valence-electron chi connectivity index (χ4n) is 5.94. The molecular weight excluding hydrogens is 538 g/mol. The van der Waals surface area contributed by atoms with Gasteiger partial charge in [0.05, 0.1) is 5.69 Å². The number of hydrogen-bond donors (Lipinski definition) is 1. The molecule has 1 unspecified atom stereocenters. The zero-order chi connectivity index (χ0) is 32.7.